The molecule has 0 saturated carbocycles. The van der Waals surface area contributed by atoms with Gasteiger partial charge in [0.05, 0.1) is 5.69 Å². The largest absolute Gasteiger partial charge is 0.383 e. The Labute approximate surface area is 114 Å². The quantitative estimate of drug-likeness (QED) is 0.909. The van der Waals surface area contributed by atoms with E-state index < -0.39 is 0 Å². The number of benzene rings is 1. The van der Waals surface area contributed by atoms with Gasteiger partial charge < -0.3 is 9.88 Å². The van der Waals surface area contributed by atoms with Crippen LogP contribution in [0.25, 0.3) is 0 Å². The number of imidazole rings is 1. The Kier molecular flexibility index (Phi) is 3.53. The highest BCUT2D eigenvalue weighted by Gasteiger charge is 2.17. The molecule has 1 aliphatic carbocycles. The summed E-state index contributed by atoms with van der Waals surface area (Å²) in [6, 6.07) is 10.4. The van der Waals surface area contributed by atoms with Crippen molar-refractivity contribution in [2.75, 3.05) is 11.9 Å². The third-order valence-electron chi connectivity index (χ3n) is 3.86. The number of anilines is 1. The first-order valence-electron chi connectivity index (χ1n) is 7.18. The third kappa shape index (κ3) is 2.65. The van der Waals surface area contributed by atoms with Crippen molar-refractivity contribution in [3.05, 3.63) is 47.5 Å². The van der Waals surface area contributed by atoms with E-state index in [4.69, 9.17) is 4.98 Å². The molecule has 0 unspecified atom stereocenters. The molecule has 3 nitrogen and oxygen atoms in total. The molecule has 1 aromatic heterocycles. The normalized spacial score (nSPS) is 14.2. The summed E-state index contributed by atoms with van der Waals surface area (Å²) in [5, 5.41) is 3.47. The minimum atomic E-state index is 0.952. The van der Waals surface area contributed by atoms with Crippen LogP contribution in [0.1, 0.15) is 30.1 Å². The number of hydrogen-bond acceptors (Lipinski definition) is 2. The van der Waals surface area contributed by atoms with Crippen LogP contribution in [0.4, 0.5) is 5.69 Å². The fourth-order valence-electron chi connectivity index (χ4n) is 2.90. The first-order valence-corrected chi connectivity index (χ1v) is 7.18. The molecule has 19 heavy (non-hydrogen) atoms. The number of aryl methyl sites for hydroxylation is 2. The Bertz CT molecular complexity index is 543. The highest BCUT2D eigenvalue weighted by atomic mass is 15.1. The van der Waals surface area contributed by atoms with Gasteiger partial charge in [-0.1, -0.05) is 18.2 Å². The predicted octanol–water partition coefficient (Wildman–Crippen LogP) is 3.18. The van der Waals surface area contributed by atoms with E-state index in [-0.39, 0.29) is 0 Å². The van der Waals surface area contributed by atoms with Crippen LogP contribution in [0.2, 0.25) is 0 Å². The summed E-state index contributed by atoms with van der Waals surface area (Å²) in [5.74, 6) is 1.17. The number of fused-ring (bicyclic) bond motifs is 1. The average Bonchev–Trinajstić information content (AvgIpc) is 2.76. The zero-order valence-corrected chi connectivity index (χ0v) is 11.5. The fraction of sp³-hybridized carbons (Fsp3) is 0.438. The standard InChI is InChI=1S/C16H21N3/c1-13-18-15-9-5-6-10-16(15)19(13)12-11-17-14-7-3-2-4-8-14/h2-4,7-8,17H,5-6,9-12H2,1H3. The summed E-state index contributed by atoms with van der Waals surface area (Å²) in [7, 11) is 0. The van der Waals surface area contributed by atoms with Gasteiger partial charge in [0.15, 0.2) is 0 Å². The maximum atomic E-state index is 4.71. The van der Waals surface area contributed by atoms with E-state index in [0.717, 1.165) is 19.5 Å². The molecule has 3 heteroatoms. The second-order valence-electron chi connectivity index (χ2n) is 5.20. The minimum Gasteiger partial charge on any atom is -0.383 e. The van der Waals surface area contributed by atoms with Gasteiger partial charge in [0.1, 0.15) is 5.82 Å². The van der Waals surface area contributed by atoms with E-state index >= 15 is 0 Å². The average molecular weight is 255 g/mol. The molecule has 1 N–H and O–H groups in total. The second kappa shape index (κ2) is 5.47. The highest BCUT2D eigenvalue weighted by molar-refractivity contribution is 5.42. The van der Waals surface area contributed by atoms with Crippen LogP contribution >= 0.6 is 0 Å². The zero-order valence-electron chi connectivity index (χ0n) is 11.5. The number of rotatable bonds is 4. The fourth-order valence-corrected chi connectivity index (χ4v) is 2.90. The molecule has 0 spiro atoms. The topological polar surface area (TPSA) is 29.9 Å². The van der Waals surface area contributed by atoms with E-state index in [0.29, 0.717) is 0 Å². The van der Waals surface area contributed by atoms with Crippen molar-refractivity contribution in [3.63, 3.8) is 0 Å². The van der Waals surface area contributed by atoms with Gasteiger partial charge in [-0.15, -0.1) is 0 Å². The molecule has 1 heterocycles. The molecular weight excluding hydrogens is 234 g/mol. The van der Waals surface area contributed by atoms with Crippen molar-refractivity contribution >= 4 is 5.69 Å². The SMILES string of the molecule is Cc1nc2c(n1CCNc1ccccc1)CCCC2. The lowest BCUT2D eigenvalue weighted by molar-refractivity contribution is 0.606. The molecule has 0 amide bonds. The third-order valence-corrected chi connectivity index (χ3v) is 3.86. The van der Waals surface area contributed by atoms with Crippen LogP contribution in [-0.2, 0) is 19.4 Å². The van der Waals surface area contributed by atoms with Gasteiger partial charge in [-0.05, 0) is 44.7 Å². The zero-order chi connectivity index (χ0) is 13.1. The van der Waals surface area contributed by atoms with Gasteiger partial charge in [-0.25, -0.2) is 4.98 Å². The smallest absolute Gasteiger partial charge is 0.106 e. The van der Waals surface area contributed by atoms with Crippen LogP contribution in [0.5, 0.6) is 0 Å². The molecule has 3 rings (SSSR count). The second-order valence-corrected chi connectivity index (χ2v) is 5.20. The first kappa shape index (κ1) is 12.3. The molecule has 2 aromatic rings. The number of hydrogen-bond donors (Lipinski definition) is 1. The monoisotopic (exact) mass is 255 g/mol. The van der Waals surface area contributed by atoms with Crippen LogP contribution < -0.4 is 5.32 Å². The molecule has 0 aliphatic heterocycles. The number of nitrogens with zero attached hydrogens (tertiary/aromatic N) is 2. The number of aromatic nitrogens is 2. The lowest BCUT2D eigenvalue weighted by atomic mass is 10.0. The molecule has 100 valence electrons. The van der Waals surface area contributed by atoms with Crippen LogP contribution in [0.3, 0.4) is 0 Å². The molecule has 0 saturated heterocycles. The Morgan fingerprint density at radius 1 is 1.16 bits per heavy atom. The van der Waals surface area contributed by atoms with E-state index in [1.54, 1.807) is 0 Å². The van der Waals surface area contributed by atoms with Crippen LogP contribution in [0.15, 0.2) is 30.3 Å². The Balaban J connectivity index is 1.65. The van der Waals surface area contributed by atoms with Crippen molar-refractivity contribution in [1.82, 2.24) is 9.55 Å². The summed E-state index contributed by atoms with van der Waals surface area (Å²) in [5.41, 5.74) is 4.00. The maximum absolute atomic E-state index is 4.71. The molecule has 0 atom stereocenters. The van der Waals surface area contributed by atoms with Crippen molar-refractivity contribution in [2.24, 2.45) is 0 Å². The van der Waals surface area contributed by atoms with E-state index in [2.05, 4.69) is 41.1 Å². The first-order chi connectivity index (χ1) is 9.34. The van der Waals surface area contributed by atoms with Gasteiger partial charge in [-0.2, -0.15) is 0 Å². The van der Waals surface area contributed by atoms with Gasteiger partial charge in [0, 0.05) is 24.5 Å². The molecule has 0 radical (unpaired) electrons. The lowest BCUT2D eigenvalue weighted by Gasteiger charge is -2.15. The summed E-state index contributed by atoms with van der Waals surface area (Å²) in [6.07, 6.45) is 4.97. The van der Waals surface area contributed by atoms with Crippen LogP contribution in [0, 0.1) is 6.92 Å². The van der Waals surface area contributed by atoms with E-state index in [1.165, 1.54) is 42.2 Å². The predicted molar refractivity (Wildman–Crippen MR) is 78.5 cm³/mol. The van der Waals surface area contributed by atoms with Crippen molar-refractivity contribution < 1.29 is 0 Å². The Morgan fingerprint density at radius 3 is 2.79 bits per heavy atom. The van der Waals surface area contributed by atoms with Gasteiger partial charge in [-0.3, -0.25) is 0 Å². The molecule has 1 aliphatic rings. The molecule has 1 aromatic carbocycles. The van der Waals surface area contributed by atoms with Crippen molar-refractivity contribution in [3.8, 4) is 0 Å². The minimum absolute atomic E-state index is 0.952. The lowest BCUT2D eigenvalue weighted by Crippen LogP contribution is -2.15. The molecule has 0 fully saturated rings. The highest BCUT2D eigenvalue weighted by Crippen LogP contribution is 2.21. The van der Waals surface area contributed by atoms with Crippen LogP contribution in [-0.4, -0.2) is 16.1 Å². The Morgan fingerprint density at radius 2 is 1.95 bits per heavy atom. The van der Waals surface area contributed by atoms with Crippen molar-refractivity contribution in [1.29, 1.82) is 0 Å². The number of para-hydroxylation sites is 1. The Hall–Kier alpha value is -1.77. The summed E-state index contributed by atoms with van der Waals surface area (Å²) >= 11 is 0. The summed E-state index contributed by atoms with van der Waals surface area (Å²) in [6.45, 7) is 4.08. The van der Waals surface area contributed by atoms with E-state index in [1.807, 2.05) is 6.07 Å². The van der Waals surface area contributed by atoms with Gasteiger partial charge in [0.25, 0.3) is 0 Å². The summed E-state index contributed by atoms with van der Waals surface area (Å²) < 4.78 is 2.39. The van der Waals surface area contributed by atoms with E-state index in [9.17, 15) is 0 Å². The van der Waals surface area contributed by atoms with Gasteiger partial charge in [0.2, 0.25) is 0 Å². The summed E-state index contributed by atoms with van der Waals surface area (Å²) in [4.78, 5) is 4.71. The molecule has 0 bridgehead atoms. The van der Waals surface area contributed by atoms with Crippen molar-refractivity contribution in [2.45, 2.75) is 39.2 Å². The maximum Gasteiger partial charge on any atom is 0.106 e. The molecular formula is C16H21N3. The van der Waals surface area contributed by atoms with Gasteiger partial charge >= 0.3 is 0 Å². The number of nitrogens with one attached hydrogen (secondary N) is 1.